The van der Waals surface area contributed by atoms with Crippen molar-refractivity contribution in [1.29, 1.82) is 5.26 Å². The van der Waals surface area contributed by atoms with Crippen molar-refractivity contribution in [2.24, 2.45) is 0 Å². The molecule has 0 saturated carbocycles. The summed E-state index contributed by atoms with van der Waals surface area (Å²) in [7, 11) is -3.53. The van der Waals surface area contributed by atoms with Crippen LogP contribution in [0.15, 0.2) is 18.2 Å². The molecule has 0 spiro atoms. The number of carbonyl (C=O) groups is 1. The Morgan fingerprint density at radius 1 is 1.35 bits per heavy atom. The fraction of sp³-hybridized carbons (Fsp3) is 0.385. The largest absolute Gasteiger partial charge is 0.454 e. The van der Waals surface area contributed by atoms with Gasteiger partial charge < -0.3 is 9.47 Å². The number of hydrogen-bond acceptors (Lipinski definition) is 6. The zero-order valence-corrected chi connectivity index (χ0v) is 11.8. The fourth-order valence-corrected chi connectivity index (χ4v) is 2.40. The minimum atomic E-state index is -3.53. The lowest BCUT2D eigenvalue weighted by molar-refractivity contribution is -0.118. The van der Waals surface area contributed by atoms with Gasteiger partial charge in [-0.1, -0.05) is 6.07 Å². The third-order valence-electron chi connectivity index (χ3n) is 3.19. The molecule has 0 radical (unpaired) electrons. The number of nitrogens with zero attached hydrogens (tertiary/aromatic N) is 1. The Morgan fingerprint density at radius 2 is 2.00 bits per heavy atom. The second-order valence-electron chi connectivity index (χ2n) is 4.55. The van der Waals surface area contributed by atoms with Gasteiger partial charge in [0.05, 0.1) is 6.07 Å². The molecule has 1 heterocycles. The molecule has 2 rings (SSSR count). The number of fused-ring (bicyclic) bond motifs is 1. The van der Waals surface area contributed by atoms with E-state index in [1.807, 2.05) is 6.07 Å². The maximum Gasteiger partial charge on any atom is 0.231 e. The third-order valence-corrected chi connectivity index (χ3v) is 4.70. The average Bonchev–Trinajstić information content (AvgIpc) is 2.84. The Balaban J connectivity index is 2.34. The monoisotopic (exact) mass is 295 g/mol. The summed E-state index contributed by atoms with van der Waals surface area (Å²) in [4.78, 5) is 12.1. The molecule has 1 aromatic carbocycles. The molecule has 0 aliphatic carbocycles. The predicted octanol–water partition coefficient (Wildman–Crippen LogP) is 1.02. The van der Waals surface area contributed by atoms with E-state index in [0.717, 1.165) is 6.26 Å². The maximum atomic E-state index is 12.1. The van der Waals surface area contributed by atoms with Gasteiger partial charge in [0.2, 0.25) is 6.79 Å². The van der Waals surface area contributed by atoms with Crippen LogP contribution >= 0.6 is 0 Å². The van der Waals surface area contributed by atoms with Gasteiger partial charge in [0.15, 0.2) is 27.1 Å². The summed E-state index contributed by atoms with van der Waals surface area (Å²) in [6.07, 6.45) is 0.976. The molecule has 0 amide bonds. The molecule has 0 aromatic heterocycles. The van der Waals surface area contributed by atoms with Gasteiger partial charge in [0, 0.05) is 6.26 Å². The van der Waals surface area contributed by atoms with Gasteiger partial charge >= 0.3 is 0 Å². The van der Waals surface area contributed by atoms with Crippen molar-refractivity contribution in [2.75, 3.05) is 13.0 Å². The molecule has 6 nitrogen and oxygen atoms in total. The van der Waals surface area contributed by atoms with Gasteiger partial charge in [-0.15, -0.1) is 0 Å². The Bertz CT molecular complexity index is 689. The normalized spacial score (nSPS) is 16.2. The Morgan fingerprint density at radius 3 is 2.60 bits per heavy atom. The lowest BCUT2D eigenvalue weighted by Crippen LogP contribution is -2.30. The topological polar surface area (TPSA) is 93.5 Å². The Hall–Kier alpha value is -2.07. The summed E-state index contributed by atoms with van der Waals surface area (Å²) in [5, 5.41) is 7.95. The zero-order valence-electron chi connectivity index (χ0n) is 11.0. The Labute approximate surface area is 116 Å². The van der Waals surface area contributed by atoms with E-state index in [0.29, 0.717) is 17.1 Å². The number of benzene rings is 1. The zero-order chi connectivity index (χ0) is 14.9. The van der Waals surface area contributed by atoms with E-state index in [9.17, 15) is 18.5 Å². The molecule has 0 fully saturated rings. The summed E-state index contributed by atoms with van der Waals surface area (Å²) < 4.78 is 33.2. The van der Waals surface area contributed by atoms with Gasteiger partial charge in [-0.25, -0.2) is 8.42 Å². The average molecular weight is 295 g/mol. The summed E-state index contributed by atoms with van der Waals surface area (Å²) in [5.41, 5.74) is 0.400. The van der Waals surface area contributed by atoms with Crippen molar-refractivity contribution in [1.82, 2.24) is 0 Å². The highest BCUT2D eigenvalue weighted by Crippen LogP contribution is 2.35. The smallest absolute Gasteiger partial charge is 0.231 e. The highest BCUT2D eigenvalue weighted by molar-refractivity contribution is 7.92. The van der Waals surface area contributed by atoms with Crippen molar-refractivity contribution >= 4 is 15.6 Å². The molecule has 0 bridgehead atoms. The molecule has 0 N–H and O–H groups in total. The molecule has 2 unspecified atom stereocenters. The van der Waals surface area contributed by atoms with Crippen LogP contribution in [0.3, 0.4) is 0 Å². The predicted molar refractivity (Wildman–Crippen MR) is 70.2 cm³/mol. The van der Waals surface area contributed by atoms with E-state index in [2.05, 4.69) is 0 Å². The minimum absolute atomic E-state index is 0.0870. The maximum absolute atomic E-state index is 12.1. The summed E-state index contributed by atoms with van der Waals surface area (Å²) in [5.74, 6) is -0.806. The van der Waals surface area contributed by atoms with Crippen molar-refractivity contribution in [2.45, 2.75) is 18.1 Å². The lowest BCUT2D eigenvalue weighted by Gasteiger charge is -2.13. The molecule has 20 heavy (non-hydrogen) atoms. The van der Waals surface area contributed by atoms with Gasteiger partial charge in [0.1, 0.15) is 11.2 Å². The SMILES string of the molecule is CC(C(=O)C(C#N)c1ccc2c(c1)OCO2)S(C)(=O)=O. The molecule has 7 heteroatoms. The summed E-state index contributed by atoms with van der Waals surface area (Å²) in [6, 6.07) is 6.54. The molecule has 2 atom stereocenters. The van der Waals surface area contributed by atoms with Crippen LogP contribution in [0.25, 0.3) is 0 Å². The number of rotatable bonds is 4. The van der Waals surface area contributed by atoms with Crippen LogP contribution in [0.5, 0.6) is 11.5 Å². The van der Waals surface area contributed by atoms with Crippen molar-refractivity contribution in [3.8, 4) is 17.6 Å². The van der Waals surface area contributed by atoms with Gasteiger partial charge in [-0.2, -0.15) is 5.26 Å². The molecule has 106 valence electrons. The minimum Gasteiger partial charge on any atom is -0.454 e. The molecule has 1 aliphatic rings. The van der Waals surface area contributed by atoms with Crippen molar-refractivity contribution < 1.29 is 22.7 Å². The standard InChI is InChI=1S/C13H13NO5S/c1-8(20(2,16)17)13(15)10(6-14)9-3-4-11-12(5-9)19-7-18-11/h3-5,8,10H,7H2,1-2H3. The first-order valence-electron chi connectivity index (χ1n) is 5.86. The quantitative estimate of drug-likeness (QED) is 0.823. The van der Waals surface area contributed by atoms with Crippen LogP contribution in [0, 0.1) is 11.3 Å². The van der Waals surface area contributed by atoms with E-state index in [1.54, 1.807) is 12.1 Å². The number of Topliss-reactive ketones (excluding diaryl/α,β-unsaturated/α-hetero) is 1. The second kappa shape index (κ2) is 5.13. The first-order chi connectivity index (χ1) is 9.34. The first kappa shape index (κ1) is 14.3. The van der Waals surface area contributed by atoms with Gasteiger partial charge in [-0.3, -0.25) is 4.79 Å². The summed E-state index contributed by atoms with van der Waals surface area (Å²) in [6.45, 7) is 1.37. The Kier molecular flexibility index (Phi) is 3.68. The van der Waals surface area contributed by atoms with E-state index >= 15 is 0 Å². The van der Waals surface area contributed by atoms with E-state index in [-0.39, 0.29) is 6.79 Å². The van der Waals surface area contributed by atoms with Crippen LogP contribution < -0.4 is 9.47 Å². The second-order valence-corrected chi connectivity index (χ2v) is 6.92. The highest BCUT2D eigenvalue weighted by Gasteiger charge is 2.32. The number of carbonyl (C=O) groups excluding carboxylic acids is 1. The van der Waals surface area contributed by atoms with E-state index in [4.69, 9.17) is 9.47 Å². The van der Waals surface area contributed by atoms with Crippen LogP contribution in [-0.4, -0.2) is 32.5 Å². The molecular weight excluding hydrogens is 282 g/mol. The summed E-state index contributed by atoms with van der Waals surface area (Å²) >= 11 is 0. The van der Waals surface area contributed by atoms with Gasteiger partial charge in [-0.05, 0) is 24.6 Å². The van der Waals surface area contributed by atoms with Crippen LogP contribution in [-0.2, 0) is 14.6 Å². The van der Waals surface area contributed by atoms with E-state index < -0.39 is 26.8 Å². The highest BCUT2D eigenvalue weighted by atomic mass is 32.2. The van der Waals surface area contributed by atoms with Crippen LogP contribution in [0.4, 0.5) is 0 Å². The number of ketones is 1. The van der Waals surface area contributed by atoms with Crippen LogP contribution in [0.1, 0.15) is 18.4 Å². The molecule has 1 aromatic rings. The molecule has 0 saturated heterocycles. The first-order valence-corrected chi connectivity index (χ1v) is 7.82. The van der Waals surface area contributed by atoms with Gasteiger partial charge in [0.25, 0.3) is 0 Å². The fourth-order valence-electron chi connectivity index (χ4n) is 1.84. The number of ether oxygens (including phenoxy) is 2. The van der Waals surface area contributed by atoms with Crippen molar-refractivity contribution in [3.63, 3.8) is 0 Å². The van der Waals surface area contributed by atoms with E-state index in [1.165, 1.54) is 13.0 Å². The lowest BCUT2D eigenvalue weighted by atomic mass is 9.94. The number of nitriles is 1. The molecular formula is C13H13NO5S. The van der Waals surface area contributed by atoms with Crippen LogP contribution in [0.2, 0.25) is 0 Å². The number of sulfone groups is 1. The van der Waals surface area contributed by atoms with Crippen molar-refractivity contribution in [3.05, 3.63) is 23.8 Å². The molecule has 1 aliphatic heterocycles. The number of hydrogen-bond donors (Lipinski definition) is 0. The third kappa shape index (κ3) is 2.60.